The minimum absolute atomic E-state index is 0.00324. The summed E-state index contributed by atoms with van der Waals surface area (Å²) in [5, 5.41) is 7.15. The zero-order valence-corrected chi connectivity index (χ0v) is 33.3. The molecule has 0 radical (unpaired) electrons. The van der Waals surface area contributed by atoms with Crippen LogP contribution in [-0.2, 0) is 38.1 Å². The van der Waals surface area contributed by atoms with Crippen molar-refractivity contribution in [2.24, 2.45) is 21.7 Å². The Bertz CT molecular complexity index is 1670. The van der Waals surface area contributed by atoms with Gasteiger partial charge in [-0.1, -0.05) is 0 Å². The number of esters is 4. The molecule has 2 aromatic carbocycles. The number of nitrogens with one attached hydrogen (secondary N) is 2. The minimum Gasteiger partial charge on any atom is -0.493 e. The van der Waals surface area contributed by atoms with E-state index < -0.39 is 81.5 Å². The minimum atomic E-state index is -1.67. The molecule has 4 aliphatic heterocycles. The van der Waals surface area contributed by atoms with E-state index in [9.17, 15) is 0 Å². The molecule has 8 bridgehead atoms. The van der Waals surface area contributed by atoms with Gasteiger partial charge < -0.3 is 58.0 Å². The lowest BCUT2D eigenvalue weighted by molar-refractivity contribution is -0.367. The summed E-state index contributed by atoms with van der Waals surface area (Å²) < 4.78 is 58.3. The smallest absolute Gasteiger partial charge is 0.316 e. The van der Waals surface area contributed by atoms with E-state index in [4.69, 9.17) is 47.4 Å². The van der Waals surface area contributed by atoms with Crippen LogP contribution in [0, 0.1) is 21.7 Å². The number of piperidine rings is 4. The lowest BCUT2D eigenvalue weighted by atomic mass is 9.16. The van der Waals surface area contributed by atoms with Crippen LogP contribution in [0.3, 0.4) is 0 Å². The van der Waals surface area contributed by atoms with Gasteiger partial charge in [-0.3, -0.25) is 19.2 Å². The zero-order valence-electron chi connectivity index (χ0n) is 33.3. The first kappa shape index (κ1) is 39.3. The fourth-order valence-electron chi connectivity index (χ4n) is 11.7. The van der Waals surface area contributed by atoms with Gasteiger partial charge in [-0.15, -0.1) is 0 Å². The third kappa shape index (κ3) is 4.26. The molecule has 8 rings (SSSR count). The predicted molar refractivity (Wildman–Crippen MR) is 195 cm³/mol. The van der Waals surface area contributed by atoms with Crippen molar-refractivity contribution in [3.63, 3.8) is 0 Å². The highest BCUT2D eigenvalue weighted by Gasteiger charge is 3.03. The number of ether oxygens (including phenoxy) is 10. The number of benzene rings is 2. The van der Waals surface area contributed by atoms with Crippen molar-refractivity contribution in [2.45, 2.75) is 63.7 Å². The number of rotatable bonds is 16. The topological polar surface area (TPSA) is 185 Å². The second-order valence-corrected chi connectivity index (χ2v) is 14.5. The summed E-state index contributed by atoms with van der Waals surface area (Å²) >= 11 is 0. The number of carbonyl (C=O) groups excluding carboxylic acids is 4. The molecule has 4 heterocycles. The highest BCUT2D eigenvalue weighted by atomic mass is 16.6. The van der Waals surface area contributed by atoms with Crippen molar-refractivity contribution >= 4 is 23.9 Å². The van der Waals surface area contributed by atoms with Crippen molar-refractivity contribution in [3.05, 3.63) is 35.4 Å². The molecule has 2 aromatic rings. The molecule has 0 atom stereocenters. The highest BCUT2D eigenvalue weighted by molar-refractivity contribution is 6.03. The lowest BCUT2D eigenvalue weighted by Crippen LogP contribution is -3.09. The van der Waals surface area contributed by atoms with Crippen LogP contribution in [0.2, 0.25) is 0 Å². The van der Waals surface area contributed by atoms with E-state index in [0.717, 1.165) is 0 Å². The van der Waals surface area contributed by atoms with Gasteiger partial charge in [-0.25, -0.2) is 0 Å². The van der Waals surface area contributed by atoms with Gasteiger partial charge >= 0.3 is 23.9 Å². The van der Waals surface area contributed by atoms with Crippen molar-refractivity contribution in [1.29, 1.82) is 0 Å². The molecule has 56 heavy (non-hydrogen) atoms. The summed E-state index contributed by atoms with van der Waals surface area (Å²) in [6.45, 7) is 6.73. The Morgan fingerprint density at radius 3 is 0.857 bits per heavy atom. The molecule has 0 amide bonds. The summed E-state index contributed by atoms with van der Waals surface area (Å²) in [5.41, 5.74) is -5.79. The first-order valence-corrected chi connectivity index (χ1v) is 18.8. The molecule has 2 aliphatic carbocycles. The van der Waals surface area contributed by atoms with E-state index in [1.807, 2.05) is 0 Å². The Morgan fingerprint density at radius 2 is 0.679 bits per heavy atom. The summed E-state index contributed by atoms with van der Waals surface area (Å²) in [4.78, 5) is 60.5. The van der Waals surface area contributed by atoms with Gasteiger partial charge in [-0.2, -0.15) is 0 Å². The van der Waals surface area contributed by atoms with Crippen LogP contribution in [0.15, 0.2) is 24.3 Å². The summed E-state index contributed by atoms with van der Waals surface area (Å²) in [6.07, 6.45) is 0. The van der Waals surface area contributed by atoms with E-state index in [1.165, 1.54) is 42.7 Å². The number of carbonyl (C=O) groups is 4. The average molecular weight is 783 g/mol. The van der Waals surface area contributed by atoms with Gasteiger partial charge in [0.25, 0.3) is 0 Å². The van der Waals surface area contributed by atoms with Crippen LogP contribution in [0.4, 0.5) is 0 Å². The predicted octanol–water partition coefficient (Wildman–Crippen LogP) is 2.53. The quantitative estimate of drug-likeness (QED) is 0.187. The maximum absolute atomic E-state index is 15.1. The Labute approximate surface area is 325 Å². The van der Waals surface area contributed by atoms with Crippen molar-refractivity contribution in [3.8, 4) is 34.5 Å². The van der Waals surface area contributed by atoms with E-state index in [-0.39, 0.29) is 60.9 Å². The summed E-state index contributed by atoms with van der Waals surface area (Å²) in [7, 11) is 8.79. The van der Waals surface area contributed by atoms with Gasteiger partial charge in [0.1, 0.15) is 21.7 Å². The van der Waals surface area contributed by atoms with Gasteiger partial charge in [0, 0.05) is 36.0 Å². The van der Waals surface area contributed by atoms with E-state index in [0.29, 0.717) is 11.1 Å². The number of methoxy groups -OCH3 is 6. The maximum atomic E-state index is 15.1. The van der Waals surface area contributed by atoms with Crippen molar-refractivity contribution in [1.82, 2.24) is 10.6 Å². The van der Waals surface area contributed by atoms with Crippen LogP contribution in [0.5, 0.6) is 34.5 Å². The van der Waals surface area contributed by atoms with Crippen LogP contribution < -0.4 is 39.1 Å². The second-order valence-electron chi connectivity index (χ2n) is 14.5. The number of hydrogen-bond acceptors (Lipinski definition) is 16. The maximum Gasteiger partial charge on any atom is 0.316 e. The Morgan fingerprint density at radius 1 is 0.446 bits per heavy atom. The highest BCUT2D eigenvalue weighted by Crippen LogP contribution is 2.88. The average Bonchev–Trinajstić information content (AvgIpc) is 3.18. The van der Waals surface area contributed by atoms with E-state index in [2.05, 4.69) is 10.6 Å². The fraction of sp³-hybridized carbons (Fsp3) is 0.600. The molecule has 0 unspecified atom stereocenters. The molecule has 6 aliphatic rings. The van der Waals surface area contributed by atoms with Crippen molar-refractivity contribution < 1.29 is 66.5 Å². The Hall–Kier alpha value is -4.96. The molecule has 16 heteroatoms. The van der Waals surface area contributed by atoms with Gasteiger partial charge in [-0.05, 0) is 63.1 Å². The SMILES string of the molecule is CCOC(=O)C12C3NC4C(C(=O)OCC)(C5NC1C3(C(=O)OCC)C(c1cc(OC)c(OC)c(OC)c1)C45C(=O)OCC)C2c1cc(OC)c(OC)c(OC)c1. The summed E-state index contributed by atoms with van der Waals surface area (Å²) in [5.74, 6) is -3.11. The first-order chi connectivity index (χ1) is 27.0. The molecular weight excluding hydrogens is 732 g/mol. The Balaban J connectivity index is 1.64. The van der Waals surface area contributed by atoms with Gasteiger partial charge in [0.05, 0.1) is 69.1 Å². The molecular formula is C40H50N2O14. The van der Waals surface area contributed by atoms with Crippen LogP contribution in [0.25, 0.3) is 0 Å². The third-order valence-corrected chi connectivity index (χ3v) is 13.0. The van der Waals surface area contributed by atoms with Gasteiger partial charge in [0.2, 0.25) is 11.5 Å². The van der Waals surface area contributed by atoms with Crippen LogP contribution in [0.1, 0.15) is 50.7 Å². The molecule has 0 aromatic heterocycles. The summed E-state index contributed by atoms with van der Waals surface area (Å²) in [6, 6.07) is 2.48. The largest absolute Gasteiger partial charge is 0.493 e. The van der Waals surface area contributed by atoms with Crippen LogP contribution >= 0.6 is 0 Å². The lowest BCUT2D eigenvalue weighted by Gasteiger charge is -2.91. The molecule has 16 nitrogen and oxygen atoms in total. The third-order valence-electron chi connectivity index (χ3n) is 13.0. The molecule has 4 saturated heterocycles. The second kappa shape index (κ2) is 13.9. The van der Waals surface area contributed by atoms with E-state index >= 15 is 19.2 Å². The molecule has 6 fully saturated rings. The van der Waals surface area contributed by atoms with E-state index in [1.54, 1.807) is 52.0 Å². The van der Waals surface area contributed by atoms with Gasteiger partial charge in [0.15, 0.2) is 23.0 Å². The number of hydrogen-bond donors (Lipinski definition) is 2. The zero-order chi connectivity index (χ0) is 40.5. The van der Waals surface area contributed by atoms with Crippen LogP contribution in [-0.4, -0.2) is 117 Å². The first-order valence-electron chi connectivity index (χ1n) is 18.8. The Kier molecular flexibility index (Phi) is 9.75. The molecule has 2 N–H and O–H groups in total. The standard InChI is InChI=1S/C40H50N2O14/c1-11-53-33(43)37-27(19-15-21(47-5)25(51-9)22(16-19)48-6)38(34(44)54-12-2)31-40(36(46)56-14-4)28(20-17-23(49-7)26(52-10)24(18-20)50-8)39(29(37)41-31,35(45)55-13-3)30(37)42-32(38)40/h15-18,27-32,41-42H,11-14H2,1-10H3. The van der Waals surface area contributed by atoms with Crippen molar-refractivity contribution in [2.75, 3.05) is 69.1 Å². The molecule has 0 spiro atoms. The molecule has 304 valence electrons. The fourth-order valence-corrected chi connectivity index (χ4v) is 11.7. The normalized spacial score (nSPS) is 33.5. The monoisotopic (exact) mass is 782 g/mol. The molecule has 2 saturated carbocycles.